The maximum atomic E-state index is 10.1. The molecule has 2 rings (SSSR count). The van der Waals surface area contributed by atoms with Crippen molar-refractivity contribution >= 4 is 0 Å². The molecule has 0 aromatic heterocycles. The largest absolute Gasteiger partial charge is 0.396 e. The van der Waals surface area contributed by atoms with Crippen molar-refractivity contribution in [3.05, 3.63) is 35.9 Å². The lowest BCUT2D eigenvalue weighted by Gasteiger charge is -2.09. The van der Waals surface area contributed by atoms with E-state index in [1.165, 1.54) is 0 Å². The normalized spacial score (nSPS) is 31.7. The molecule has 0 spiro atoms. The molecule has 0 heterocycles. The smallest absolute Gasteiger partial charge is 0.0930 e. The third-order valence-corrected chi connectivity index (χ3v) is 2.82. The minimum atomic E-state index is -0.649. The molecule has 0 aliphatic heterocycles. The lowest BCUT2D eigenvalue weighted by molar-refractivity contribution is 0.122. The Kier molecular flexibility index (Phi) is 2.10. The van der Waals surface area contributed by atoms with Gasteiger partial charge in [0.2, 0.25) is 0 Å². The molecule has 2 atom stereocenters. The lowest BCUT2D eigenvalue weighted by Crippen LogP contribution is -2.09. The molecule has 0 radical (unpaired) electrons. The zero-order valence-corrected chi connectivity index (χ0v) is 7.48. The first-order valence-electron chi connectivity index (χ1n) is 4.66. The average Bonchev–Trinajstić information content (AvgIpc) is 2.81. The van der Waals surface area contributed by atoms with Crippen molar-refractivity contribution in [3.63, 3.8) is 0 Å². The van der Waals surface area contributed by atoms with Gasteiger partial charge in [-0.3, -0.25) is 0 Å². The van der Waals surface area contributed by atoms with Gasteiger partial charge in [-0.05, 0) is 24.3 Å². The Hall–Kier alpha value is -0.860. The highest BCUT2D eigenvalue weighted by Crippen LogP contribution is 2.53. The molecule has 13 heavy (non-hydrogen) atoms. The third kappa shape index (κ3) is 1.47. The van der Waals surface area contributed by atoms with Crippen LogP contribution in [0.2, 0.25) is 0 Å². The van der Waals surface area contributed by atoms with Crippen LogP contribution in [0.15, 0.2) is 30.3 Å². The van der Waals surface area contributed by atoms with E-state index in [1.54, 1.807) is 0 Å². The number of hydrogen-bond donors (Lipinski definition) is 2. The molecule has 1 saturated carbocycles. The highest BCUT2D eigenvalue weighted by Gasteiger charge is 2.53. The molecule has 70 valence electrons. The Balaban J connectivity index is 2.11. The van der Waals surface area contributed by atoms with Gasteiger partial charge in [-0.2, -0.15) is 0 Å². The predicted octanol–water partition coefficient (Wildman–Crippen LogP) is 1.28. The van der Waals surface area contributed by atoms with Crippen LogP contribution in [0.4, 0.5) is 0 Å². The van der Waals surface area contributed by atoms with Crippen molar-refractivity contribution in [3.8, 4) is 0 Å². The van der Waals surface area contributed by atoms with Crippen LogP contribution in [-0.4, -0.2) is 16.8 Å². The summed E-state index contributed by atoms with van der Waals surface area (Å²) in [6.45, 7) is 0.166. The van der Waals surface area contributed by atoms with Gasteiger partial charge in [0.05, 0.1) is 5.60 Å². The van der Waals surface area contributed by atoms with Crippen LogP contribution in [-0.2, 0) is 5.60 Å². The Bertz CT molecular complexity index is 283. The Morgan fingerprint density at radius 3 is 2.62 bits per heavy atom. The number of hydrogen-bond acceptors (Lipinski definition) is 2. The van der Waals surface area contributed by atoms with Crippen LogP contribution in [0.3, 0.4) is 0 Å². The maximum absolute atomic E-state index is 10.1. The van der Waals surface area contributed by atoms with Gasteiger partial charge in [0.25, 0.3) is 0 Å². The molecule has 1 fully saturated rings. The first-order chi connectivity index (χ1) is 6.27. The summed E-state index contributed by atoms with van der Waals surface area (Å²) in [5.74, 6) is 0.250. The fourth-order valence-electron chi connectivity index (χ4n) is 1.89. The van der Waals surface area contributed by atoms with Crippen LogP contribution in [0.1, 0.15) is 18.4 Å². The van der Waals surface area contributed by atoms with E-state index in [9.17, 15) is 5.11 Å². The Morgan fingerprint density at radius 2 is 2.00 bits per heavy atom. The fraction of sp³-hybridized carbons (Fsp3) is 0.455. The second kappa shape index (κ2) is 3.13. The molecule has 1 aromatic rings. The summed E-state index contributed by atoms with van der Waals surface area (Å²) in [5, 5.41) is 18.8. The van der Waals surface area contributed by atoms with Gasteiger partial charge in [-0.1, -0.05) is 30.3 Å². The fourth-order valence-corrected chi connectivity index (χ4v) is 1.89. The summed E-state index contributed by atoms with van der Waals surface area (Å²) < 4.78 is 0. The minimum absolute atomic E-state index is 0.166. The molecule has 0 saturated heterocycles. The summed E-state index contributed by atoms with van der Waals surface area (Å²) in [5.41, 5.74) is 0.331. The first kappa shape index (κ1) is 8.73. The van der Waals surface area contributed by atoms with E-state index >= 15 is 0 Å². The van der Waals surface area contributed by atoms with Crippen LogP contribution in [0, 0.1) is 5.92 Å². The SMILES string of the molecule is OCC[C@@H]1C[C@@]1(O)c1ccccc1. The van der Waals surface area contributed by atoms with Crippen LogP contribution in [0.25, 0.3) is 0 Å². The van der Waals surface area contributed by atoms with E-state index in [-0.39, 0.29) is 12.5 Å². The predicted molar refractivity (Wildman–Crippen MR) is 50.1 cm³/mol. The minimum Gasteiger partial charge on any atom is -0.396 e. The molecule has 0 bridgehead atoms. The number of rotatable bonds is 3. The van der Waals surface area contributed by atoms with Gasteiger partial charge in [-0.25, -0.2) is 0 Å². The lowest BCUT2D eigenvalue weighted by atomic mass is 10.0. The zero-order valence-electron chi connectivity index (χ0n) is 7.48. The van der Waals surface area contributed by atoms with E-state index in [0.717, 1.165) is 12.0 Å². The molecular weight excluding hydrogens is 164 g/mol. The second-order valence-corrected chi connectivity index (χ2v) is 3.70. The van der Waals surface area contributed by atoms with Crippen LogP contribution < -0.4 is 0 Å². The quantitative estimate of drug-likeness (QED) is 0.732. The van der Waals surface area contributed by atoms with Gasteiger partial charge in [0.1, 0.15) is 0 Å². The first-order valence-corrected chi connectivity index (χ1v) is 4.66. The van der Waals surface area contributed by atoms with Gasteiger partial charge >= 0.3 is 0 Å². The Morgan fingerprint density at radius 1 is 1.31 bits per heavy atom. The number of aliphatic hydroxyl groups excluding tert-OH is 1. The molecule has 0 amide bonds. The molecule has 0 unspecified atom stereocenters. The van der Waals surface area contributed by atoms with Gasteiger partial charge in [0.15, 0.2) is 0 Å². The Labute approximate surface area is 77.8 Å². The van der Waals surface area contributed by atoms with Crippen molar-refractivity contribution in [2.75, 3.05) is 6.61 Å². The molecular formula is C11H14O2. The van der Waals surface area contributed by atoms with E-state index in [4.69, 9.17) is 5.11 Å². The van der Waals surface area contributed by atoms with E-state index < -0.39 is 5.60 Å². The molecule has 1 aromatic carbocycles. The summed E-state index contributed by atoms with van der Waals surface area (Å²) in [4.78, 5) is 0. The monoisotopic (exact) mass is 178 g/mol. The van der Waals surface area contributed by atoms with Crippen molar-refractivity contribution in [2.45, 2.75) is 18.4 Å². The molecule has 2 N–H and O–H groups in total. The van der Waals surface area contributed by atoms with Crippen molar-refractivity contribution in [2.24, 2.45) is 5.92 Å². The molecule has 1 aliphatic rings. The average molecular weight is 178 g/mol. The van der Waals surface area contributed by atoms with Crippen LogP contribution in [0.5, 0.6) is 0 Å². The molecule has 2 nitrogen and oxygen atoms in total. The summed E-state index contributed by atoms with van der Waals surface area (Å²) in [7, 11) is 0. The summed E-state index contributed by atoms with van der Waals surface area (Å²) >= 11 is 0. The highest BCUT2D eigenvalue weighted by molar-refractivity contribution is 5.29. The number of benzene rings is 1. The van der Waals surface area contributed by atoms with E-state index in [2.05, 4.69) is 0 Å². The number of aliphatic hydroxyl groups is 2. The third-order valence-electron chi connectivity index (χ3n) is 2.82. The van der Waals surface area contributed by atoms with Gasteiger partial charge < -0.3 is 10.2 Å². The van der Waals surface area contributed by atoms with E-state index in [1.807, 2.05) is 30.3 Å². The topological polar surface area (TPSA) is 40.5 Å². The highest BCUT2D eigenvalue weighted by atomic mass is 16.3. The van der Waals surface area contributed by atoms with Crippen molar-refractivity contribution in [1.82, 2.24) is 0 Å². The van der Waals surface area contributed by atoms with E-state index in [0.29, 0.717) is 6.42 Å². The second-order valence-electron chi connectivity index (χ2n) is 3.70. The summed E-state index contributed by atoms with van der Waals surface area (Å²) in [6.07, 6.45) is 1.49. The van der Waals surface area contributed by atoms with Gasteiger partial charge in [-0.15, -0.1) is 0 Å². The van der Waals surface area contributed by atoms with Crippen molar-refractivity contribution in [1.29, 1.82) is 0 Å². The molecule has 2 heteroatoms. The zero-order chi connectivity index (χ0) is 9.31. The van der Waals surface area contributed by atoms with Gasteiger partial charge in [0, 0.05) is 6.61 Å². The van der Waals surface area contributed by atoms with Crippen LogP contribution >= 0.6 is 0 Å². The summed E-state index contributed by atoms with van der Waals surface area (Å²) in [6, 6.07) is 9.69. The van der Waals surface area contributed by atoms with Crippen molar-refractivity contribution < 1.29 is 10.2 Å². The maximum Gasteiger partial charge on any atom is 0.0930 e. The standard InChI is InChI=1S/C11H14O2/c12-7-6-10-8-11(10,13)9-4-2-1-3-5-9/h1-5,10,12-13H,6-8H2/t10-,11-/m1/s1. The molecule has 1 aliphatic carbocycles.